The van der Waals surface area contributed by atoms with Gasteiger partial charge in [-0.1, -0.05) is 23.5 Å². The number of ether oxygens (including phenoxy) is 2. The third-order valence-electron chi connectivity index (χ3n) is 6.61. The van der Waals surface area contributed by atoms with E-state index in [2.05, 4.69) is 22.4 Å². The number of H-pyrrole nitrogens is 1. The first-order chi connectivity index (χ1) is 14.6. The second-order valence-electron chi connectivity index (χ2n) is 8.06. The molecule has 166 valence electrons. The third-order valence-corrected chi connectivity index (χ3v) is 7.62. The molecule has 0 amide bonds. The average molecular weight is 464 g/mol. The monoisotopic (exact) mass is 463 g/mol. The van der Waals surface area contributed by atoms with Crippen molar-refractivity contribution in [3.8, 4) is 10.8 Å². The molecule has 1 aliphatic heterocycles. The van der Waals surface area contributed by atoms with Crippen molar-refractivity contribution in [3.63, 3.8) is 0 Å². The number of fused-ring (bicyclic) bond motifs is 4. The largest absolute Gasteiger partial charge is 0.496 e. The van der Waals surface area contributed by atoms with Gasteiger partial charge in [0.05, 0.1) is 19.6 Å². The lowest BCUT2D eigenvalue weighted by molar-refractivity contribution is 0.371. The van der Waals surface area contributed by atoms with Gasteiger partial charge in [0.15, 0.2) is 5.06 Å². The van der Waals surface area contributed by atoms with Crippen molar-refractivity contribution in [1.29, 1.82) is 0 Å². The highest BCUT2D eigenvalue weighted by Crippen LogP contribution is 2.45. The Balaban J connectivity index is 0.00000231. The van der Waals surface area contributed by atoms with Crippen LogP contribution in [0.1, 0.15) is 29.9 Å². The standard InChI is InChI=1S/C22H25N3O4S.ClH/c1-28-17-5-3-4-14-13(17)7-6-12-11-23-16(19(12)14)8-9-25-21(26)15-10-18(29-2)30-20(15)24-22(25)27;/h3-5,10,12,16,19,23H,6-9,11H2,1-2H3,(H,24,27);1H. The molecule has 2 N–H and O–H groups in total. The molecule has 31 heavy (non-hydrogen) atoms. The molecule has 3 unspecified atom stereocenters. The molecule has 0 spiro atoms. The first-order valence-electron chi connectivity index (χ1n) is 10.3. The summed E-state index contributed by atoms with van der Waals surface area (Å²) in [5.74, 6) is 1.91. The summed E-state index contributed by atoms with van der Waals surface area (Å²) in [5.41, 5.74) is 2.03. The van der Waals surface area contributed by atoms with Crippen LogP contribution in [0.3, 0.4) is 0 Å². The molecule has 0 bridgehead atoms. The van der Waals surface area contributed by atoms with Crippen LogP contribution in [-0.4, -0.2) is 36.4 Å². The van der Waals surface area contributed by atoms with Crippen LogP contribution >= 0.6 is 23.7 Å². The molecule has 1 aliphatic carbocycles. The van der Waals surface area contributed by atoms with Gasteiger partial charge >= 0.3 is 5.69 Å². The minimum atomic E-state index is -0.364. The van der Waals surface area contributed by atoms with Gasteiger partial charge in [-0.15, -0.1) is 12.4 Å². The van der Waals surface area contributed by atoms with Gasteiger partial charge in [-0.05, 0) is 48.9 Å². The molecule has 1 fully saturated rings. The summed E-state index contributed by atoms with van der Waals surface area (Å²) in [4.78, 5) is 28.8. The van der Waals surface area contributed by atoms with Crippen LogP contribution in [0.25, 0.3) is 10.2 Å². The van der Waals surface area contributed by atoms with Crippen LogP contribution < -0.4 is 26.0 Å². The quantitative estimate of drug-likeness (QED) is 0.607. The number of benzene rings is 1. The molecule has 0 saturated carbocycles. The zero-order valence-electron chi connectivity index (χ0n) is 17.5. The van der Waals surface area contributed by atoms with E-state index in [1.165, 1.54) is 27.0 Å². The zero-order chi connectivity index (χ0) is 20.8. The number of hydrogen-bond acceptors (Lipinski definition) is 6. The Hall–Kier alpha value is -2.29. The molecule has 2 aromatic heterocycles. The highest BCUT2D eigenvalue weighted by molar-refractivity contribution is 7.20. The number of aromatic nitrogens is 2. The van der Waals surface area contributed by atoms with Gasteiger partial charge in [0.25, 0.3) is 5.56 Å². The Kier molecular flexibility index (Phi) is 6.14. The van der Waals surface area contributed by atoms with E-state index in [1.54, 1.807) is 20.3 Å². The Morgan fingerprint density at radius 3 is 2.84 bits per heavy atom. The number of aromatic amines is 1. The first kappa shape index (κ1) is 21.9. The molecule has 9 heteroatoms. The maximum atomic E-state index is 12.9. The summed E-state index contributed by atoms with van der Waals surface area (Å²) in [7, 11) is 3.28. The number of nitrogens with one attached hydrogen (secondary N) is 2. The number of methoxy groups -OCH3 is 2. The van der Waals surface area contributed by atoms with E-state index in [0.717, 1.165) is 25.1 Å². The van der Waals surface area contributed by atoms with Gasteiger partial charge in [0.1, 0.15) is 10.6 Å². The van der Waals surface area contributed by atoms with Gasteiger partial charge < -0.3 is 14.8 Å². The number of rotatable bonds is 5. The van der Waals surface area contributed by atoms with Crippen molar-refractivity contribution in [2.75, 3.05) is 20.8 Å². The van der Waals surface area contributed by atoms with E-state index < -0.39 is 0 Å². The van der Waals surface area contributed by atoms with E-state index in [4.69, 9.17) is 9.47 Å². The van der Waals surface area contributed by atoms with E-state index >= 15 is 0 Å². The van der Waals surface area contributed by atoms with Gasteiger partial charge in [0, 0.05) is 24.6 Å². The predicted octanol–water partition coefficient (Wildman–Crippen LogP) is 2.90. The molecule has 2 aliphatic rings. The fraction of sp³-hybridized carbons (Fsp3) is 0.455. The van der Waals surface area contributed by atoms with Gasteiger partial charge in [0.2, 0.25) is 0 Å². The molecule has 3 heterocycles. The lowest BCUT2D eigenvalue weighted by Gasteiger charge is -2.32. The fourth-order valence-corrected chi connectivity index (χ4v) is 6.05. The highest BCUT2D eigenvalue weighted by Gasteiger charge is 2.40. The van der Waals surface area contributed by atoms with Gasteiger partial charge in [-0.2, -0.15) is 0 Å². The Morgan fingerprint density at radius 2 is 2.06 bits per heavy atom. The maximum Gasteiger partial charge on any atom is 0.329 e. The molecule has 1 aromatic carbocycles. The molecule has 7 nitrogen and oxygen atoms in total. The minimum Gasteiger partial charge on any atom is -0.496 e. The van der Waals surface area contributed by atoms with Crippen LogP contribution in [0.2, 0.25) is 0 Å². The predicted molar refractivity (Wildman–Crippen MR) is 124 cm³/mol. The number of halogens is 1. The van der Waals surface area contributed by atoms with E-state index in [1.807, 2.05) is 6.07 Å². The summed E-state index contributed by atoms with van der Waals surface area (Å²) in [6, 6.07) is 8.21. The molecule has 1 saturated heterocycles. The number of nitrogens with zero attached hydrogens (tertiary/aromatic N) is 1. The Bertz CT molecular complexity index is 1220. The van der Waals surface area contributed by atoms with Crippen LogP contribution in [0.5, 0.6) is 10.8 Å². The maximum absolute atomic E-state index is 12.9. The average Bonchev–Trinajstić information content (AvgIpc) is 3.37. The van der Waals surface area contributed by atoms with Crippen molar-refractivity contribution in [2.45, 2.75) is 37.8 Å². The van der Waals surface area contributed by atoms with Crippen LogP contribution in [0, 0.1) is 5.92 Å². The summed E-state index contributed by atoms with van der Waals surface area (Å²) < 4.78 is 12.1. The van der Waals surface area contributed by atoms with Crippen LogP contribution in [-0.2, 0) is 13.0 Å². The molecular weight excluding hydrogens is 438 g/mol. The number of thiophene rings is 1. The normalized spacial score (nSPS) is 21.9. The van der Waals surface area contributed by atoms with E-state index in [0.29, 0.717) is 40.1 Å². The topological polar surface area (TPSA) is 85.3 Å². The minimum absolute atomic E-state index is 0. The third kappa shape index (κ3) is 3.66. The van der Waals surface area contributed by atoms with Crippen molar-refractivity contribution in [3.05, 3.63) is 56.2 Å². The highest BCUT2D eigenvalue weighted by atomic mass is 35.5. The summed E-state index contributed by atoms with van der Waals surface area (Å²) in [5, 5.41) is 4.77. The zero-order valence-corrected chi connectivity index (χ0v) is 19.1. The van der Waals surface area contributed by atoms with Crippen LogP contribution in [0.4, 0.5) is 0 Å². The summed E-state index contributed by atoms with van der Waals surface area (Å²) in [6.45, 7) is 1.35. The number of hydrogen-bond donors (Lipinski definition) is 2. The van der Waals surface area contributed by atoms with Crippen LogP contribution in [0.15, 0.2) is 33.9 Å². The lowest BCUT2D eigenvalue weighted by atomic mass is 9.73. The second kappa shape index (κ2) is 8.68. The molecule has 5 rings (SSSR count). The smallest absolute Gasteiger partial charge is 0.329 e. The molecular formula is C22H26ClN3O4S. The first-order valence-corrected chi connectivity index (χ1v) is 11.1. The van der Waals surface area contributed by atoms with Crippen molar-refractivity contribution < 1.29 is 9.47 Å². The molecule has 0 radical (unpaired) electrons. The van der Waals surface area contributed by atoms with Gasteiger partial charge in [-0.3, -0.25) is 14.3 Å². The SMILES string of the molecule is COc1cc2c(=O)n(CCC3NCC4CCc5c(OC)cccc5C43)c(=O)[nH]c2s1.Cl. The second-order valence-corrected chi connectivity index (χ2v) is 9.07. The Morgan fingerprint density at radius 1 is 1.23 bits per heavy atom. The molecule has 3 atom stereocenters. The molecule has 3 aromatic rings. The van der Waals surface area contributed by atoms with Crippen molar-refractivity contribution in [1.82, 2.24) is 14.9 Å². The summed E-state index contributed by atoms with van der Waals surface area (Å²) in [6.07, 6.45) is 2.88. The van der Waals surface area contributed by atoms with Crippen molar-refractivity contribution >= 4 is 34.0 Å². The lowest BCUT2D eigenvalue weighted by Crippen LogP contribution is -2.37. The van der Waals surface area contributed by atoms with E-state index in [-0.39, 0.29) is 29.7 Å². The summed E-state index contributed by atoms with van der Waals surface area (Å²) >= 11 is 1.27. The van der Waals surface area contributed by atoms with E-state index in [9.17, 15) is 9.59 Å². The fourth-order valence-electron chi connectivity index (χ4n) is 5.20. The van der Waals surface area contributed by atoms with Gasteiger partial charge in [-0.25, -0.2) is 4.79 Å². The Labute approximate surface area is 189 Å². The van der Waals surface area contributed by atoms with Crippen molar-refractivity contribution in [2.24, 2.45) is 5.92 Å².